The molecule has 1 heterocycles. The standard InChI is InChI=1S/C13H27N/c1-4-5-6-8-12(2)11-14-10-7-9-13(14)3/h12-13H,4-11H2,1-3H3. The van der Waals surface area contributed by atoms with E-state index in [9.17, 15) is 0 Å². The van der Waals surface area contributed by atoms with Crippen molar-refractivity contribution in [2.75, 3.05) is 13.1 Å². The topological polar surface area (TPSA) is 3.24 Å². The van der Waals surface area contributed by atoms with Gasteiger partial charge in [-0.25, -0.2) is 0 Å². The summed E-state index contributed by atoms with van der Waals surface area (Å²) in [6, 6.07) is 0.851. The van der Waals surface area contributed by atoms with Crippen molar-refractivity contribution in [2.24, 2.45) is 5.92 Å². The number of hydrogen-bond acceptors (Lipinski definition) is 1. The first kappa shape index (κ1) is 12.0. The lowest BCUT2D eigenvalue weighted by Gasteiger charge is -2.24. The summed E-state index contributed by atoms with van der Waals surface area (Å²) in [5.41, 5.74) is 0. The Labute approximate surface area is 89.9 Å². The Kier molecular flexibility index (Phi) is 5.54. The highest BCUT2D eigenvalue weighted by molar-refractivity contribution is 4.76. The van der Waals surface area contributed by atoms with Crippen molar-refractivity contribution in [2.45, 2.75) is 65.3 Å². The molecule has 1 saturated heterocycles. The van der Waals surface area contributed by atoms with Crippen LogP contribution in [-0.2, 0) is 0 Å². The van der Waals surface area contributed by atoms with Crippen LogP contribution in [-0.4, -0.2) is 24.0 Å². The number of unbranched alkanes of at least 4 members (excludes halogenated alkanes) is 2. The third kappa shape index (κ3) is 4.00. The molecule has 1 fully saturated rings. The molecule has 0 N–H and O–H groups in total. The second-order valence-electron chi connectivity index (χ2n) is 5.09. The maximum absolute atomic E-state index is 2.68. The van der Waals surface area contributed by atoms with Crippen LogP contribution in [0.1, 0.15) is 59.3 Å². The zero-order valence-corrected chi connectivity index (χ0v) is 10.3. The van der Waals surface area contributed by atoms with Gasteiger partial charge in [0.2, 0.25) is 0 Å². The van der Waals surface area contributed by atoms with E-state index in [1.54, 1.807) is 0 Å². The van der Waals surface area contributed by atoms with Crippen LogP contribution in [0.3, 0.4) is 0 Å². The molecule has 1 aliphatic heterocycles. The highest BCUT2D eigenvalue weighted by atomic mass is 15.2. The van der Waals surface area contributed by atoms with E-state index in [0.717, 1.165) is 12.0 Å². The van der Waals surface area contributed by atoms with Crippen LogP contribution >= 0.6 is 0 Å². The Balaban J connectivity index is 2.09. The molecule has 0 aromatic rings. The highest BCUT2D eigenvalue weighted by Gasteiger charge is 2.21. The maximum Gasteiger partial charge on any atom is 0.00675 e. The van der Waals surface area contributed by atoms with Crippen LogP contribution in [0.5, 0.6) is 0 Å². The Morgan fingerprint density at radius 3 is 2.71 bits per heavy atom. The summed E-state index contributed by atoms with van der Waals surface area (Å²) >= 11 is 0. The van der Waals surface area contributed by atoms with E-state index >= 15 is 0 Å². The van der Waals surface area contributed by atoms with Crippen LogP contribution in [0.4, 0.5) is 0 Å². The van der Waals surface area contributed by atoms with Gasteiger partial charge in [0.15, 0.2) is 0 Å². The van der Waals surface area contributed by atoms with Gasteiger partial charge in [0.25, 0.3) is 0 Å². The third-order valence-corrected chi connectivity index (χ3v) is 3.54. The summed E-state index contributed by atoms with van der Waals surface area (Å²) in [5.74, 6) is 0.905. The van der Waals surface area contributed by atoms with E-state index in [4.69, 9.17) is 0 Å². The third-order valence-electron chi connectivity index (χ3n) is 3.54. The molecule has 0 aromatic heterocycles. The first-order valence-electron chi connectivity index (χ1n) is 6.48. The average Bonchev–Trinajstić information content (AvgIpc) is 2.52. The summed E-state index contributed by atoms with van der Waals surface area (Å²) in [6.45, 7) is 9.77. The Morgan fingerprint density at radius 1 is 1.36 bits per heavy atom. The molecular weight excluding hydrogens is 170 g/mol. The Bertz CT molecular complexity index is 144. The van der Waals surface area contributed by atoms with Crippen molar-refractivity contribution < 1.29 is 0 Å². The van der Waals surface area contributed by atoms with Gasteiger partial charge in [0, 0.05) is 12.6 Å². The predicted octanol–water partition coefficient (Wildman–Crippen LogP) is 3.69. The van der Waals surface area contributed by atoms with Crippen LogP contribution in [0, 0.1) is 5.92 Å². The number of rotatable bonds is 6. The van der Waals surface area contributed by atoms with Gasteiger partial charge in [-0.3, -0.25) is 0 Å². The van der Waals surface area contributed by atoms with Gasteiger partial charge in [-0.05, 0) is 38.6 Å². The molecule has 0 radical (unpaired) electrons. The second kappa shape index (κ2) is 6.44. The predicted molar refractivity (Wildman–Crippen MR) is 63.6 cm³/mol. The molecule has 0 bridgehead atoms. The smallest absolute Gasteiger partial charge is 0.00675 e. The number of hydrogen-bond donors (Lipinski definition) is 0. The molecule has 1 nitrogen and oxygen atoms in total. The van der Waals surface area contributed by atoms with E-state index in [-0.39, 0.29) is 0 Å². The van der Waals surface area contributed by atoms with Crippen LogP contribution in [0.15, 0.2) is 0 Å². The van der Waals surface area contributed by atoms with Crippen molar-refractivity contribution in [3.8, 4) is 0 Å². The van der Waals surface area contributed by atoms with E-state index in [2.05, 4.69) is 25.7 Å². The van der Waals surface area contributed by atoms with Gasteiger partial charge in [0.05, 0.1) is 0 Å². The largest absolute Gasteiger partial charge is 0.300 e. The van der Waals surface area contributed by atoms with E-state index in [1.165, 1.54) is 51.6 Å². The zero-order valence-electron chi connectivity index (χ0n) is 10.3. The zero-order chi connectivity index (χ0) is 10.4. The summed E-state index contributed by atoms with van der Waals surface area (Å²) in [4.78, 5) is 2.68. The molecule has 1 aliphatic rings. The minimum atomic E-state index is 0.851. The van der Waals surface area contributed by atoms with Crippen molar-refractivity contribution in [1.82, 2.24) is 4.90 Å². The summed E-state index contributed by atoms with van der Waals surface area (Å²) < 4.78 is 0. The molecule has 0 saturated carbocycles. The molecule has 1 rings (SSSR count). The second-order valence-corrected chi connectivity index (χ2v) is 5.09. The molecule has 1 heteroatoms. The van der Waals surface area contributed by atoms with Gasteiger partial charge >= 0.3 is 0 Å². The van der Waals surface area contributed by atoms with Gasteiger partial charge in [-0.2, -0.15) is 0 Å². The van der Waals surface area contributed by atoms with E-state index < -0.39 is 0 Å². The lowest BCUT2D eigenvalue weighted by Crippen LogP contribution is -2.31. The van der Waals surface area contributed by atoms with Gasteiger partial charge in [-0.1, -0.05) is 33.1 Å². The normalized spacial score (nSPS) is 25.5. The maximum atomic E-state index is 2.68. The van der Waals surface area contributed by atoms with Gasteiger partial charge in [0.1, 0.15) is 0 Å². The lowest BCUT2D eigenvalue weighted by molar-refractivity contribution is 0.225. The fourth-order valence-electron chi connectivity index (χ4n) is 2.50. The van der Waals surface area contributed by atoms with E-state index in [0.29, 0.717) is 0 Å². The molecule has 2 unspecified atom stereocenters. The van der Waals surface area contributed by atoms with E-state index in [1.807, 2.05) is 0 Å². The fourth-order valence-corrected chi connectivity index (χ4v) is 2.50. The molecule has 0 amide bonds. The number of likely N-dealkylation sites (tertiary alicyclic amines) is 1. The van der Waals surface area contributed by atoms with Crippen molar-refractivity contribution in [3.63, 3.8) is 0 Å². The number of nitrogens with zero attached hydrogens (tertiary/aromatic N) is 1. The summed E-state index contributed by atoms with van der Waals surface area (Å²) in [6.07, 6.45) is 8.47. The van der Waals surface area contributed by atoms with Crippen LogP contribution in [0.25, 0.3) is 0 Å². The quantitative estimate of drug-likeness (QED) is 0.587. The molecule has 14 heavy (non-hydrogen) atoms. The van der Waals surface area contributed by atoms with Crippen LogP contribution in [0.2, 0.25) is 0 Å². The SMILES string of the molecule is CCCCCC(C)CN1CCCC1C. The Morgan fingerprint density at radius 2 is 2.14 bits per heavy atom. The average molecular weight is 197 g/mol. The van der Waals surface area contributed by atoms with Gasteiger partial charge in [-0.15, -0.1) is 0 Å². The van der Waals surface area contributed by atoms with Crippen molar-refractivity contribution >= 4 is 0 Å². The first-order valence-corrected chi connectivity index (χ1v) is 6.48. The Hall–Kier alpha value is -0.0400. The molecule has 0 aromatic carbocycles. The minimum absolute atomic E-state index is 0.851. The first-order chi connectivity index (χ1) is 6.74. The summed E-state index contributed by atoms with van der Waals surface area (Å²) in [7, 11) is 0. The molecule has 0 aliphatic carbocycles. The molecular formula is C13H27N. The highest BCUT2D eigenvalue weighted by Crippen LogP contribution is 2.19. The molecule has 0 spiro atoms. The lowest BCUT2D eigenvalue weighted by atomic mass is 10.0. The fraction of sp³-hybridized carbons (Fsp3) is 1.00. The van der Waals surface area contributed by atoms with Crippen molar-refractivity contribution in [3.05, 3.63) is 0 Å². The van der Waals surface area contributed by atoms with Crippen LogP contribution < -0.4 is 0 Å². The monoisotopic (exact) mass is 197 g/mol. The minimum Gasteiger partial charge on any atom is -0.300 e. The summed E-state index contributed by atoms with van der Waals surface area (Å²) in [5, 5.41) is 0. The van der Waals surface area contributed by atoms with Gasteiger partial charge < -0.3 is 4.90 Å². The van der Waals surface area contributed by atoms with Crippen molar-refractivity contribution in [1.29, 1.82) is 0 Å². The molecule has 2 atom stereocenters. The molecule has 84 valence electrons.